The van der Waals surface area contributed by atoms with E-state index in [0.717, 1.165) is 18.5 Å². The minimum atomic E-state index is -4.70. The maximum atomic E-state index is 14.2. The Balaban J connectivity index is 1.46. The Kier molecular flexibility index (Phi) is 5.06. The molecule has 1 aliphatic heterocycles. The molecule has 1 saturated carbocycles. The van der Waals surface area contributed by atoms with E-state index in [9.17, 15) is 30.8 Å². The normalized spacial score (nSPS) is 22.5. The van der Waals surface area contributed by atoms with Gasteiger partial charge in [0.2, 0.25) is 22.0 Å². The molecule has 1 aromatic carbocycles. The number of nitrogens with zero attached hydrogens (tertiary/aromatic N) is 2. The molecule has 2 heterocycles. The van der Waals surface area contributed by atoms with E-state index in [2.05, 4.69) is 20.6 Å². The molecule has 3 atom stereocenters. The average Bonchev–Trinajstić information content (AvgIpc) is 3.38. The molecule has 1 aromatic heterocycles. The minimum Gasteiger partial charge on any atom is -0.351 e. The third-order valence-electron chi connectivity index (χ3n) is 5.08. The fraction of sp³-hybridized carbons (Fsp3) is 0.333. The first kappa shape index (κ1) is 20.4. The second-order valence-corrected chi connectivity index (χ2v) is 7.96. The van der Waals surface area contributed by atoms with E-state index >= 15 is 0 Å². The number of hydrogen-bond acceptors (Lipinski definition) is 5. The molecule has 2 fully saturated rings. The number of alkyl halides is 3. The summed E-state index contributed by atoms with van der Waals surface area (Å²) in [6.07, 6.45) is -2.31. The zero-order valence-electron chi connectivity index (χ0n) is 15.1. The topological polar surface area (TPSA) is 101 Å². The summed E-state index contributed by atoms with van der Waals surface area (Å²) in [6.45, 7) is 0.0268. The van der Waals surface area contributed by atoms with Crippen LogP contribution in [0.2, 0.25) is 0 Å². The summed E-state index contributed by atoms with van der Waals surface area (Å²) in [5.41, 5.74) is 0.555. The maximum Gasteiger partial charge on any atom is 0.451 e. The van der Waals surface area contributed by atoms with Gasteiger partial charge in [-0.1, -0.05) is 6.07 Å². The van der Waals surface area contributed by atoms with Crippen molar-refractivity contribution in [2.24, 2.45) is 11.8 Å². The van der Waals surface area contributed by atoms with Crippen LogP contribution in [0.5, 0.6) is 0 Å². The monoisotopic (exact) mass is 442 g/mol. The van der Waals surface area contributed by atoms with E-state index in [0.29, 0.717) is 12.0 Å². The van der Waals surface area contributed by atoms with E-state index in [1.54, 1.807) is 0 Å². The number of amides is 1. The highest BCUT2D eigenvalue weighted by Crippen LogP contribution is 2.46. The molecule has 1 aliphatic carbocycles. The van der Waals surface area contributed by atoms with E-state index in [1.807, 2.05) is 0 Å². The van der Waals surface area contributed by atoms with Crippen molar-refractivity contribution in [3.05, 3.63) is 47.8 Å². The van der Waals surface area contributed by atoms with Gasteiger partial charge in [-0.3, -0.25) is 10.1 Å². The van der Waals surface area contributed by atoms with Gasteiger partial charge in [0, 0.05) is 36.0 Å². The number of hydrogen-bond donors (Lipinski definition) is 2. The number of fused-ring (bicyclic) bond motifs is 1. The standard InChI is InChI=1S/C18H14F4N4O3S/c19-13-2-1-8(3-10(13)9-6-24-17(25-7-9)18(20,21)22)5-23-15(27)14-11-4-12(11)16(26-14)30(28)29/h1-3,6-7,11-12,14,26H,4-5H2,(H,23,27). The van der Waals surface area contributed by atoms with E-state index in [1.165, 1.54) is 12.1 Å². The highest BCUT2D eigenvalue weighted by Gasteiger charge is 2.55. The molecule has 1 amide bonds. The smallest absolute Gasteiger partial charge is 0.351 e. The lowest BCUT2D eigenvalue weighted by Gasteiger charge is -2.14. The summed E-state index contributed by atoms with van der Waals surface area (Å²) in [5, 5.41) is 5.38. The number of benzene rings is 1. The summed E-state index contributed by atoms with van der Waals surface area (Å²) in [4.78, 5) is 19.0. The van der Waals surface area contributed by atoms with Gasteiger partial charge in [-0.05, 0) is 30.0 Å². The van der Waals surface area contributed by atoms with Gasteiger partial charge in [0.05, 0.1) is 6.04 Å². The van der Waals surface area contributed by atoms with Crippen LogP contribution in [0.4, 0.5) is 17.6 Å². The van der Waals surface area contributed by atoms with Crippen molar-refractivity contribution in [2.75, 3.05) is 0 Å². The average molecular weight is 442 g/mol. The Hall–Kier alpha value is -2.86. The molecule has 1 saturated heterocycles. The number of carbonyl (C=O) groups excluding carboxylic acids is 1. The van der Waals surface area contributed by atoms with E-state index in [4.69, 9.17) is 0 Å². The van der Waals surface area contributed by atoms with E-state index in [-0.39, 0.29) is 40.4 Å². The lowest BCUT2D eigenvalue weighted by Crippen LogP contribution is -2.44. The fourth-order valence-corrected chi connectivity index (χ4v) is 4.24. The zero-order valence-corrected chi connectivity index (χ0v) is 15.9. The zero-order chi connectivity index (χ0) is 21.6. The van der Waals surface area contributed by atoms with Crippen molar-refractivity contribution >= 4 is 21.2 Å². The molecule has 0 radical (unpaired) electrons. The molecule has 7 nitrogen and oxygen atoms in total. The number of halogens is 4. The van der Waals surface area contributed by atoms with Crippen molar-refractivity contribution in [3.8, 4) is 11.1 Å². The molecule has 2 N–H and O–H groups in total. The molecular weight excluding hydrogens is 428 g/mol. The van der Waals surface area contributed by atoms with Gasteiger partial charge in [-0.2, -0.15) is 21.6 Å². The Bertz CT molecular complexity index is 1140. The fourth-order valence-electron chi connectivity index (χ4n) is 3.50. The van der Waals surface area contributed by atoms with Gasteiger partial charge >= 0.3 is 6.18 Å². The largest absolute Gasteiger partial charge is 0.451 e. The third kappa shape index (κ3) is 3.92. The van der Waals surface area contributed by atoms with Crippen LogP contribution in [0.15, 0.2) is 30.6 Å². The summed E-state index contributed by atoms with van der Waals surface area (Å²) in [5.74, 6) is -2.59. The minimum absolute atomic E-state index is 0.00547. The lowest BCUT2D eigenvalue weighted by atomic mass is 10.0. The molecule has 3 unspecified atom stereocenters. The first-order valence-corrected chi connectivity index (χ1v) is 9.91. The first-order chi connectivity index (χ1) is 14.1. The van der Waals surface area contributed by atoms with Gasteiger partial charge in [-0.25, -0.2) is 14.4 Å². The highest BCUT2D eigenvalue weighted by atomic mass is 32.2. The molecule has 0 bridgehead atoms. The number of nitrogens with one attached hydrogen (secondary N) is 2. The predicted octanol–water partition coefficient (Wildman–Crippen LogP) is 1.53. The molecule has 30 heavy (non-hydrogen) atoms. The lowest BCUT2D eigenvalue weighted by molar-refractivity contribution is -0.145. The Morgan fingerprint density at radius 1 is 1.23 bits per heavy atom. The van der Waals surface area contributed by atoms with Crippen molar-refractivity contribution < 1.29 is 30.8 Å². The van der Waals surface area contributed by atoms with Crippen LogP contribution in [-0.2, 0) is 27.8 Å². The van der Waals surface area contributed by atoms with Crippen LogP contribution in [0.1, 0.15) is 17.8 Å². The Morgan fingerprint density at radius 2 is 1.93 bits per heavy atom. The first-order valence-electron chi connectivity index (χ1n) is 8.83. The number of rotatable bonds is 4. The molecule has 2 aromatic rings. The summed E-state index contributed by atoms with van der Waals surface area (Å²) in [6, 6.07) is 3.29. The van der Waals surface area contributed by atoms with Crippen LogP contribution in [0.25, 0.3) is 11.1 Å². The van der Waals surface area contributed by atoms with Gasteiger partial charge in [-0.15, -0.1) is 0 Å². The second-order valence-electron chi connectivity index (χ2n) is 7.05. The number of aromatic nitrogens is 2. The SMILES string of the molecule is O=C(NCc1ccc(F)c(-c2cnc(C(F)(F)F)nc2)c1)C1NC(=S(=O)=O)C2CC21. The second kappa shape index (κ2) is 7.43. The van der Waals surface area contributed by atoms with Crippen LogP contribution in [-0.4, -0.2) is 35.3 Å². The molecule has 0 spiro atoms. The molecule has 4 rings (SSSR count). The van der Waals surface area contributed by atoms with Crippen LogP contribution < -0.4 is 10.6 Å². The number of carbonyl (C=O) groups is 1. The van der Waals surface area contributed by atoms with E-state index < -0.39 is 34.2 Å². The van der Waals surface area contributed by atoms with Crippen molar-refractivity contribution in [1.82, 2.24) is 20.6 Å². The van der Waals surface area contributed by atoms with Crippen molar-refractivity contribution in [1.29, 1.82) is 0 Å². The highest BCUT2D eigenvalue weighted by molar-refractivity contribution is 7.73. The Labute approximate surface area is 169 Å². The van der Waals surface area contributed by atoms with Gasteiger partial charge in [0.1, 0.15) is 10.8 Å². The van der Waals surface area contributed by atoms with Gasteiger partial charge in [0.25, 0.3) is 0 Å². The van der Waals surface area contributed by atoms with Crippen molar-refractivity contribution in [2.45, 2.75) is 25.2 Å². The molecule has 158 valence electrons. The summed E-state index contributed by atoms with van der Waals surface area (Å²) in [7, 11) is -2.39. The summed E-state index contributed by atoms with van der Waals surface area (Å²) < 4.78 is 74.2. The predicted molar refractivity (Wildman–Crippen MR) is 96.7 cm³/mol. The van der Waals surface area contributed by atoms with Crippen LogP contribution >= 0.6 is 0 Å². The Morgan fingerprint density at radius 3 is 2.53 bits per heavy atom. The van der Waals surface area contributed by atoms with Crippen LogP contribution in [0, 0.1) is 17.7 Å². The quantitative estimate of drug-likeness (QED) is 0.550. The molecule has 2 aliphatic rings. The third-order valence-corrected chi connectivity index (χ3v) is 5.86. The maximum absolute atomic E-state index is 14.2. The molecular formula is C18H14F4N4O3S. The molecule has 12 heteroatoms. The van der Waals surface area contributed by atoms with Gasteiger partial charge < -0.3 is 5.32 Å². The summed E-state index contributed by atoms with van der Waals surface area (Å²) >= 11 is 0. The van der Waals surface area contributed by atoms with Crippen molar-refractivity contribution in [3.63, 3.8) is 0 Å². The van der Waals surface area contributed by atoms with Gasteiger partial charge in [0.15, 0.2) is 0 Å². The number of piperidine rings is 1. The van der Waals surface area contributed by atoms with Crippen LogP contribution in [0.3, 0.4) is 0 Å².